The normalized spacial score (nSPS) is 10.8. The van der Waals surface area contributed by atoms with Crippen LogP contribution in [-0.2, 0) is 4.79 Å². The van der Waals surface area contributed by atoms with Gasteiger partial charge in [-0.3, -0.25) is 4.79 Å². The van der Waals surface area contributed by atoms with Gasteiger partial charge < -0.3 is 4.90 Å². The largest absolute Gasteiger partial charge is 0.314 e. The molecule has 3 nitrogen and oxygen atoms in total. The Balaban J connectivity index is 3.10. The monoisotopic (exact) mass is 270 g/mol. The van der Waals surface area contributed by atoms with E-state index in [1.54, 1.807) is 39.1 Å². The maximum absolute atomic E-state index is 12.0. The third-order valence-electron chi connectivity index (χ3n) is 2.35. The van der Waals surface area contributed by atoms with Crippen LogP contribution in [0.2, 0.25) is 10.0 Å². The third kappa shape index (κ3) is 3.12. The Morgan fingerprint density at radius 1 is 1.29 bits per heavy atom. The van der Waals surface area contributed by atoms with Gasteiger partial charge in [-0.1, -0.05) is 23.2 Å². The van der Waals surface area contributed by atoms with E-state index >= 15 is 0 Å². The number of rotatable bonds is 2. The number of carbonyl (C=O) groups is 1. The Kier molecular flexibility index (Phi) is 4.03. The van der Waals surface area contributed by atoms with Crippen molar-refractivity contribution >= 4 is 34.8 Å². The molecule has 5 heteroatoms. The molecule has 0 saturated carbocycles. The van der Waals surface area contributed by atoms with Crippen molar-refractivity contribution in [2.24, 2.45) is 5.41 Å². The van der Waals surface area contributed by atoms with Crippen molar-refractivity contribution in [3.05, 3.63) is 28.2 Å². The van der Waals surface area contributed by atoms with Crippen LogP contribution in [0, 0.1) is 16.7 Å². The van der Waals surface area contributed by atoms with E-state index in [2.05, 4.69) is 0 Å². The molecule has 0 aromatic heterocycles. The Morgan fingerprint density at radius 3 is 2.18 bits per heavy atom. The van der Waals surface area contributed by atoms with E-state index in [4.69, 9.17) is 28.5 Å². The lowest BCUT2D eigenvalue weighted by Crippen LogP contribution is -2.37. The summed E-state index contributed by atoms with van der Waals surface area (Å²) in [5, 5.41) is 9.81. The van der Waals surface area contributed by atoms with E-state index in [1.165, 1.54) is 4.90 Å². The average Bonchev–Trinajstić information content (AvgIpc) is 2.25. The lowest BCUT2D eigenvalue weighted by Gasteiger charge is -2.24. The highest BCUT2D eigenvalue weighted by molar-refractivity contribution is 6.35. The Bertz CT molecular complexity index is 472. The lowest BCUT2D eigenvalue weighted by atomic mass is 9.94. The number of carbonyl (C=O) groups excluding carboxylic acids is 1. The molecule has 0 fully saturated rings. The summed E-state index contributed by atoms with van der Waals surface area (Å²) in [6.45, 7) is 3.13. The van der Waals surface area contributed by atoms with E-state index in [9.17, 15) is 4.79 Å². The molecule has 0 unspecified atom stereocenters. The summed E-state index contributed by atoms with van der Waals surface area (Å²) < 4.78 is 0. The van der Waals surface area contributed by atoms with Crippen molar-refractivity contribution in [1.29, 1.82) is 5.26 Å². The minimum atomic E-state index is -1.08. The standard InChI is InChI=1S/C12H12Cl2N2O/c1-12(2,7-15)11(17)16(3)10-5-8(13)4-9(14)6-10/h4-6H,1-3H3. The van der Waals surface area contributed by atoms with Crippen LogP contribution in [0.3, 0.4) is 0 Å². The summed E-state index contributed by atoms with van der Waals surface area (Å²) in [5.41, 5.74) is -0.514. The van der Waals surface area contributed by atoms with Crippen LogP contribution in [-0.4, -0.2) is 13.0 Å². The highest BCUT2D eigenvalue weighted by Crippen LogP contribution is 2.27. The molecule has 0 aliphatic heterocycles. The van der Waals surface area contributed by atoms with Gasteiger partial charge in [0.25, 0.3) is 0 Å². The molecule has 17 heavy (non-hydrogen) atoms. The molecule has 0 radical (unpaired) electrons. The first-order chi connectivity index (χ1) is 7.77. The van der Waals surface area contributed by atoms with Crippen molar-refractivity contribution in [3.63, 3.8) is 0 Å². The molecular weight excluding hydrogens is 259 g/mol. The van der Waals surface area contributed by atoms with Gasteiger partial charge in [0.15, 0.2) is 0 Å². The summed E-state index contributed by atoms with van der Waals surface area (Å²) in [6.07, 6.45) is 0. The number of halogens is 2. The second kappa shape index (κ2) is 4.95. The summed E-state index contributed by atoms with van der Waals surface area (Å²) in [7, 11) is 1.59. The molecule has 0 spiro atoms. The van der Waals surface area contributed by atoms with Crippen LogP contribution in [0.5, 0.6) is 0 Å². The van der Waals surface area contributed by atoms with Gasteiger partial charge in [0.2, 0.25) is 5.91 Å². The predicted molar refractivity (Wildman–Crippen MR) is 69.3 cm³/mol. The molecule has 0 saturated heterocycles. The lowest BCUT2D eigenvalue weighted by molar-refractivity contribution is -0.123. The zero-order chi connectivity index (χ0) is 13.2. The first kappa shape index (κ1) is 13.8. The van der Waals surface area contributed by atoms with E-state index in [-0.39, 0.29) is 5.91 Å². The number of nitrogens with zero attached hydrogens (tertiary/aromatic N) is 2. The SMILES string of the molecule is CN(C(=O)C(C)(C)C#N)c1cc(Cl)cc(Cl)c1. The van der Waals surface area contributed by atoms with Crippen LogP contribution in [0.25, 0.3) is 0 Å². The van der Waals surface area contributed by atoms with Crippen LogP contribution in [0.1, 0.15) is 13.8 Å². The molecule has 0 heterocycles. The molecule has 1 amide bonds. The Hall–Kier alpha value is -1.24. The van der Waals surface area contributed by atoms with Crippen molar-refractivity contribution in [3.8, 4) is 6.07 Å². The van der Waals surface area contributed by atoms with Crippen molar-refractivity contribution in [2.45, 2.75) is 13.8 Å². The zero-order valence-electron chi connectivity index (χ0n) is 9.79. The number of benzene rings is 1. The van der Waals surface area contributed by atoms with E-state index in [0.717, 1.165) is 0 Å². The summed E-state index contributed by atoms with van der Waals surface area (Å²) >= 11 is 11.7. The third-order valence-corrected chi connectivity index (χ3v) is 2.79. The van der Waals surface area contributed by atoms with Gasteiger partial charge in [0, 0.05) is 22.8 Å². The number of nitriles is 1. The number of amides is 1. The highest BCUT2D eigenvalue weighted by Gasteiger charge is 2.31. The van der Waals surface area contributed by atoms with Crippen molar-refractivity contribution < 1.29 is 4.79 Å². The fourth-order valence-electron chi connectivity index (χ4n) is 1.32. The number of hydrogen-bond acceptors (Lipinski definition) is 2. The highest BCUT2D eigenvalue weighted by atomic mass is 35.5. The smallest absolute Gasteiger partial charge is 0.246 e. The van der Waals surface area contributed by atoms with Gasteiger partial charge in [0.1, 0.15) is 5.41 Å². The van der Waals surface area contributed by atoms with Crippen LogP contribution >= 0.6 is 23.2 Å². The van der Waals surface area contributed by atoms with Crippen LogP contribution in [0.4, 0.5) is 5.69 Å². The quantitative estimate of drug-likeness (QED) is 0.826. The first-order valence-electron chi connectivity index (χ1n) is 4.93. The van der Waals surface area contributed by atoms with Gasteiger partial charge in [0.05, 0.1) is 6.07 Å². The maximum atomic E-state index is 12.0. The molecule has 0 N–H and O–H groups in total. The molecule has 90 valence electrons. The molecule has 0 aliphatic rings. The maximum Gasteiger partial charge on any atom is 0.246 e. The average molecular weight is 271 g/mol. The second-order valence-electron chi connectivity index (χ2n) is 4.23. The van der Waals surface area contributed by atoms with Gasteiger partial charge in [-0.2, -0.15) is 5.26 Å². The summed E-state index contributed by atoms with van der Waals surface area (Å²) in [6, 6.07) is 6.80. The molecule has 1 aromatic rings. The Labute approximate surface area is 111 Å². The van der Waals surface area contributed by atoms with Gasteiger partial charge in [-0.05, 0) is 32.0 Å². The Morgan fingerprint density at radius 2 is 1.76 bits per heavy atom. The predicted octanol–water partition coefficient (Wildman–Crippen LogP) is 3.51. The van der Waals surface area contributed by atoms with Crippen LogP contribution < -0.4 is 4.90 Å². The molecule has 0 bridgehead atoms. The van der Waals surface area contributed by atoms with Gasteiger partial charge in [-0.15, -0.1) is 0 Å². The summed E-state index contributed by atoms with van der Waals surface area (Å²) in [5.74, 6) is -0.307. The fourth-order valence-corrected chi connectivity index (χ4v) is 1.83. The molecule has 0 atom stereocenters. The minimum Gasteiger partial charge on any atom is -0.314 e. The molecule has 1 rings (SSSR count). The van der Waals surface area contributed by atoms with E-state index in [0.29, 0.717) is 15.7 Å². The summed E-state index contributed by atoms with van der Waals surface area (Å²) in [4.78, 5) is 13.4. The fraction of sp³-hybridized carbons (Fsp3) is 0.333. The molecule has 0 aliphatic carbocycles. The number of anilines is 1. The van der Waals surface area contributed by atoms with Gasteiger partial charge in [-0.25, -0.2) is 0 Å². The topological polar surface area (TPSA) is 44.1 Å². The van der Waals surface area contributed by atoms with Crippen molar-refractivity contribution in [2.75, 3.05) is 11.9 Å². The van der Waals surface area contributed by atoms with Crippen LogP contribution in [0.15, 0.2) is 18.2 Å². The number of hydrogen-bond donors (Lipinski definition) is 0. The van der Waals surface area contributed by atoms with Gasteiger partial charge >= 0.3 is 0 Å². The zero-order valence-corrected chi connectivity index (χ0v) is 11.3. The molecular formula is C12H12Cl2N2O. The minimum absolute atomic E-state index is 0.307. The van der Waals surface area contributed by atoms with E-state index < -0.39 is 5.41 Å². The molecule has 1 aromatic carbocycles. The van der Waals surface area contributed by atoms with E-state index in [1.807, 2.05) is 6.07 Å². The van der Waals surface area contributed by atoms with Crippen molar-refractivity contribution in [1.82, 2.24) is 0 Å². The first-order valence-corrected chi connectivity index (χ1v) is 5.69. The second-order valence-corrected chi connectivity index (χ2v) is 5.10.